The number of phenolic OH excluding ortho intramolecular Hbond substituents is 1. The molecule has 0 amide bonds. The van der Waals surface area contributed by atoms with Crippen molar-refractivity contribution >= 4 is 60.5 Å². The minimum Gasteiger partial charge on any atom is -0.506 e. The summed E-state index contributed by atoms with van der Waals surface area (Å²) in [6, 6.07) is 15.3. The van der Waals surface area contributed by atoms with Gasteiger partial charge in [0.15, 0.2) is 5.58 Å². The highest BCUT2D eigenvalue weighted by molar-refractivity contribution is 9.10. The quantitative estimate of drug-likeness (QED) is 0.192. The second-order valence-corrected chi connectivity index (χ2v) is 7.83. The van der Waals surface area contributed by atoms with Crippen LogP contribution in [0.3, 0.4) is 0 Å². The van der Waals surface area contributed by atoms with Gasteiger partial charge in [0.05, 0.1) is 15.1 Å². The molecule has 0 spiro atoms. The zero-order valence-corrected chi connectivity index (χ0v) is 17.7. The van der Waals surface area contributed by atoms with Gasteiger partial charge in [-0.2, -0.15) is 0 Å². The van der Waals surface area contributed by atoms with Gasteiger partial charge in [-0.25, -0.2) is 4.98 Å². The lowest BCUT2D eigenvalue weighted by Crippen LogP contribution is -1.91. The van der Waals surface area contributed by atoms with Crippen LogP contribution in [0, 0.1) is 10.1 Å². The molecule has 29 heavy (non-hydrogen) atoms. The fourth-order valence-electron chi connectivity index (χ4n) is 2.67. The van der Waals surface area contributed by atoms with E-state index >= 15 is 0 Å². The summed E-state index contributed by atoms with van der Waals surface area (Å²) >= 11 is 6.51. The number of oxazole rings is 1. The third-order valence-electron chi connectivity index (χ3n) is 4.10. The summed E-state index contributed by atoms with van der Waals surface area (Å²) in [6.45, 7) is 0. The molecule has 9 heteroatoms. The van der Waals surface area contributed by atoms with Gasteiger partial charge in [0.2, 0.25) is 5.89 Å². The second-order valence-electron chi connectivity index (χ2n) is 6.06. The molecule has 0 unspecified atom stereocenters. The number of non-ortho nitro benzene ring substituents is 1. The van der Waals surface area contributed by atoms with E-state index in [1.54, 1.807) is 18.2 Å². The van der Waals surface area contributed by atoms with Gasteiger partial charge < -0.3 is 9.52 Å². The highest BCUT2D eigenvalue weighted by Crippen LogP contribution is 2.32. The molecule has 0 aliphatic carbocycles. The lowest BCUT2D eigenvalue weighted by atomic mass is 10.2. The molecule has 0 fully saturated rings. The fourth-order valence-corrected chi connectivity index (χ4v) is 3.39. The number of aromatic hydroxyl groups is 1. The van der Waals surface area contributed by atoms with E-state index in [9.17, 15) is 15.2 Å². The molecule has 0 saturated heterocycles. The van der Waals surface area contributed by atoms with E-state index in [4.69, 9.17) is 4.42 Å². The Morgan fingerprint density at radius 2 is 1.86 bits per heavy atom. The smallest absolute Gasteiger partial charge is 0.271 e. The molecule has 144 valence electrons. The number of halogens is 2. The number of nitrogens with zero attached hydrogens (tertiary/aromatic N) is 3. The van der Waals surface area contributed by atoms with Gasteiger partial charge in [0, 0.05) is 33.9 Å². The van der Waals surface area contributed by atoms with E-state index in [1.165, 1.54) is 18.3 Å². The third-order valence-corrected chi connectivity index (χ3v) is 5.24. The van der Waals surface area contributed by atoms with E-state index < -0.39 is 4.92 Å². The Labute approximate surface area is 181 Å². The van der Waals surface area contributed by atoms with Crippen molar-refractivity contribution in [2.45, 2.75) is 0 Å². The van der Waals surface area contributed by atoms with Crippen molar-refractivity contribution in [1.29, 1.82) is 0 Å². The predicted molar refractivity (Wildman–Crippen MR) is 117 cm³/mol. The van der Waals surface area contributed by atoms with Crippen LogP contribution in [0.2, 0.25) is 0 Å². The Morgan fingerprint density at radius 3 is 2.59 bits per heavy atom. The van der Waals surface area contributed by atoms with Crippen molar-refractivity contribution in [2.24, 2.45) is 4.99 Å². The van der Waals surface area contributed by atoms with Crippen LogP contribution < -0.4 is 0 Å². The summed E-state index contributed by atoms with van der Waals surface area (Å²) in [5.41, 5.74) is 2.73. The van der Waals surface area contributed by atoms with Crippen LogP contribution in [0.1, 0.15) is 5.56 Å². The van der Waals surface area contributed by atoms with Crippen LogP contribution in [-0.4, -0.2) is 21.2 Å². The van der Waals surface area contributed by atoms with Crippen molar-refractivity contribution in [3.05, 3.63) is 79.2 Å². The second kappa shape index (κ2) is 7.76. The number of fused-ring (bicyclic) bond motifs is 1. The number of phenols is 1. The van der Waals surface area contributed by atoms with Gasteiger partial charge in [-0.05, 0) is 58.4 Å². The van der Waals surface area contributed by atoms with Gasteiger partial charge in [-0.1, -0.05) is 15.9 Å². The van der Waals surface area contributed by atoms with Gasteiger partial charge in [-0.15, -0.1) is 0 Å². The molecular weight excluding hydrogens is 506 g/mol. The van der Waals surface area contributed by atoms with Crippen molar-refractivity contribution in [2.75, 3.05) is 0 Å². The number of benzene rings is 3. The van der Waals surface area contributed by atoms with E-state index in [-0.39, 0.29) is 21.5 Å². The van der Waals surface area contributed by atoms with E-state index in [0.717, 1.165) is 10.0 Å². The van der Waals surface area contributed by atoms with Gasteiger partial charge in [-0.3, -0.25) is 15.1 Å². The van der Waals surface area contributed by atoms with Crippen LogP contribution in [0.5, 0.6) is 5.75 Å². The topological polar surface area (TPSA) is 102 Å². The molecule has 0 aliphatic heterocycles. The first-order valence-corrected chi connectivity index (χ1v) is 9.87. The summed E-state index contributed by atoms with van der Waals surface area (Å²) in [5, 5.41) is 21.1. The highest BCUT2D eigenvalue weighted by Gasteiger charge is 2.14. The van der Waals surface area contributed by atoms with Gasteiger partial charge in [0.25, 0.3) is 5.69 Å². The molecule has 1 heterocycles. The molecule has 0 aliphatic rings. The summed E-state index contributed by atoms with van der Waals surface area (Å²) < 4.78 is 6.97. The molecule has 0 saturated carbocycles. The Morgan fingerprint density at radius 1 is 1.10 bits per heavy atom. The lowest BCUT2D eigenvalue weighted by molar-refractivity contribution is -0.385. The Bertz CT molecular complexity index is 1270. The first kappa shape index (κ1) is 19.3. The molecule has 7 nitrogen and oxygen atoms in total. The minimum absolute atomic E-state index is 0.126. The van der Waals surface area contributed by atoms with Crippen LogP contribution in [0.25, 0.3) is 22.6 Å². The van der Waals surface area contributed by atoms with Crippen molar-refractivity contribution in [1.82, 2.24) is 4.98 Å². The number of hydrogen-bond donors (Lipinski definition) is 1. The van der Waals surface area contributed by atoms with Crippen LogP contribution in [0.4, 0.5) is 11.4 Å². The number of aliphatic imine (C=N–C) groups is 1. The molecule has 3 aromatic carbocycles. The number of aromatic nitrogens is 1. The third kappa shape index (κ3) is 4.06. The maximum absolute atomic E-state index is 11.0. The standard InChI is InChI=1S/C20H11Br2N3O4/c21-13-3-1-11(2-4-13)20-24-17-8-14(5-6-18(17)29-20)23-10-12-7-15(25(27)28)9-16(22)19(12)26/h1-10,26H. The van der Waals surface area contributed by atoms with Crippen LogP contribution >= 0.6 is 31.9 Å². The highest BCUT2D eigenvalue weighted by atomic mass is 79.9. The summed E-state index contributed by atoms with van der Waals surface area (Å²) in [7, 11) is 0. The normalized spacial score (nSPS) is 11.4. The summed E-state index contributed by atoms with van der Waals surface area (Å²) in [6.07, 6.45) is 1.37. The number of nitro benzene ring substituents is 1. The molecule has 1 aromatic heterocycles. The zero-order valence-electron chi connectivity index (χ0n) is 14.5. The number of hydrogen-bond acceptors (Lipinski definition) is 6. The number of nitro groups is 1. The Balaban J connectivity index is 1.67. The molecule has 0 radical (unpaired) electrons. The first-order chi connectivity index (χ1) is 13.9. The van der Waals surface area contributed by atoms with E-state index in [2.05, 4.69) is 41.8 Å². The molecule has 4 aromatic rings. The van der Waals surface area contributed by atoms with Gasteiger partial charge in [0.1, 0.15) is 11.3 Å². The maximum atomic E-state index is 11.0. The molecule has 0 bridgehead atoms. The Kier molecular flexibility index (Phi) is 5.16. The first-order valence-electron chi connectivity index (χ1n) is 8.28. The largest absolute Gasteiger partial charge is 0.506 e. The predicted octanol–water partition coefficient (Wildman–Crippen LogP) is 6.38. The van der Waals surface area contributed by atoms with E-state index in [0.29, 0.717) is 22.7 Å². The summed E-state index contributed by atoms with van der Waals surface area (Å²) in [4.78, 5) is 19.3. The molecule has 4 rings (SSSR count). The summed E-state index contributed by atoms with van der Waals surface area (Å²) in [5.74, 6) is 0.369. The lowest BCUT2D eigenvalue weighted by Gasteiger charge is -2.02. The SMILES string of the molecule is O=[N+]([O-])c1cc(Br)c(O)c(C=Nc2ccc3oc(-c4ccc(Br)cc4)nc3c2)c1. The average molecular weight is 517 g/mol. The van der Waals surface area contributed by atoms with Crippen LogP contribution in [0.15, 0.2) is 73.0 Å². The molecule has 0 atom stereocenters. The van der Waals surface area contributed by atoms with Gasteiger partial charge >= 0.3 is 0 Å². The number of rotatable bonds is 4. The fraction of sp³-hybridized carbons (Fsp3) is 0. The van der Waals surface area contributed by atoms with E-state index in [1.807, 2.05) is 24.3 Å². The molecular formula is C20H11Br2N3O4. The minimum atomic E-state index is -0.535. The molecule has 1 N–H and O–H groups in total. The Hall–Kier alpha value is -3.04. The zero-order chi connectivity index (χ0) is 20.5. The maximum Gasteiger partial charge on any atom is 0.271 e. The van der Waals surface area contributed by atoms with Crippen molar-refractivity contribution in [3.63, 3.8) is 0 Å². The van der Waals surface area contributed by atoms with Crippen molar-refractivity contribution < 1.29 is 14.4 Å². The van der Waals surface area contributed by atoms with Crippen LogP contribution in [-0.2, 0) is 0 Å². The average Bonchev–Trinajstić information content (AvgIpc) is 3.12. The van der Waals surface area contributed by atoms with Crippen molar-refractivity contribution in [3.8, 4) is 17.2 Å². The monoisotopic (exact) mass is 515 g/mol.